The van der Waals surface area contributed by atoms with Crippen LogP contribution in [-0.4, -0.2) is 42.1 Å². The summed E-state index contributed by atoms with van der Waals surface area (Å²) >= 11 is 1.53. The highest BCUT2D eigenvalue weighted by atomic mass is 32.2. The summed E-state index contributed by atoms with van der Waals surface area (Å²) in [5.74, 6) is 2.70. The average Bonchev–Trinajstić information content (AvgIpc) is 3.51. The fourth-order valence-corrected chi connectivity index (χ4v) is 4.35. The van der Waals surface area contributed by atoms with Crippen LogP contribution in [0.3, 0.4) is 0 Å². The Bertz CT molecular complexity index is 1360. The van der Waals surface area contributed by atoms with E-state index < -0.39 is 0 Å². The Balaban J connectivity index is 1.53. The maximum atomic E-state index is 5.58. The minimum absolute atomic E-state index is 0.526. The van der Waals surface area contributed by atoms with E-state index in [0.717, 1.165) is 33.7 Å². The number of nitrogens with zero attached hydrogens (tertiary/aromatic N) is 7. The van der Waals surface area contributed by atoms with Crippen molar-refractivity contribution in [1.82, 2.24) is 35.0 Å². The Kier molecular flexibility index (Phi) is 5.86. The number of hydrogen-bond acceptors (Lipinski definition) is 7. The molecule has 2 aromatic heterocycles. The summed E-state index contributed by atoms with van der Waals surface area (Å²) in [6, 6.07) is 25.9. The molecule has 0 fully saturated rings. The van der Waals surface area contributed by atoms with Gasteiger partial charge in [0.2, 0.25) is 0 Å². The lowest BCUT2D eigenvalue weighted by molar-refractivity contribution is 0.416. The third-order valence-corrected chi connectivity index (χ3v) is 6.06. The van der Waals surface area contributed by atoms with Gasteiger partial charge in [-0.3, -0.25) is 4.57 Å². The zero-order valence-electron chi connectivity index (χ0n) is 18.2. The van der Waals surface area contributed by atoms with Crippen molar-refractivity contribution in [2.45, 2.75) is 17.8 Å². The molecule has 0 atom stereocenters. The van der Waals surface area contributed by atoms with Crippen molar-refractivity contribution in [3.63, 3.8) is 0 Å². The first kappa shape index (κ1) is 20.9. The van der Waals surface area contributed by atoms with Crippen LogP contribution in [0.5, 0.6) is 5.75 Å². The van der Waals surface area contributed by atoms with Crippen LogP contribution >= 0.6 is 11.8 Å². The minimum atomic E-state index is 0.526. The van der Waals surface area contributed by atoms with Gasteiger partial charge >= 0.3 is 0 Å². The van der Waals surface area contributed by atoms with Crippen LogP contribution < -0.4 is 4.74 Å². The molecule has 0 saturated carbocycles. The number of hydrogen-bond donors (Lipinski definition) is 0. The molecule has 0 saturated heterocycles. The number of rotatable bonds is 7. The molecule has 0 unspecified atom stereocenters. The predicted octanol–water partition coefficient (Wildman–Crippen LogP) is 4.52. The van der Waals surface area contributed by atoms with Gasteiger partial charge in [0, 0.05) is 5.69 Å². The number of aromatic nitrogens is 7. The molecule has 5 rings (SSSR count). The molecule has 9 heteroatoms. The first-order chi connectivity index (χ1) is 16.2. The Morgan fingerprint density at radius 2 is 1.58 bits per heavy atom. The monoisotopic (exact) mass is 455 g/mol. The van der Waals surface area contributed by atoms with E-state index in [4.69, 9.17) is 4.74 Å². The SMILES string of the molecule is COc1ccccc1-c1nnc(SCc2nnnn2-c2ccccc2)n1-c1ccc(C)cc1. The van der Waals surface area contributed by atoms with Gasteiger partial charge in [0.15, 0.2) is 16.8 Å². The number of aryl methyl sites for hydroxylation is 1. The first-order valence-electron chi connectivity index (χ1n) is 10.4. The standard InChI is InChI=1S/C24H21N7OS/c1-17-12-14-18(15-13-17)30-23(20-10-6-7-11-21(20)32-2)26-27-24(30)33-16-22-25-28-29-31(22)19-8-4-3-5-9-19/h3-15H,16H2,1-2H3. The van der Waals surface area contributed by atoms with Gasteiger partial charge in [-0.2, -0.15) is 4.68 Å². The zero-order chi connectivity index (χ0) is 22.6. The Morgan fingerprint density at radius 1 is 0.818 bits per heavy atom. The molecular formula is C24H21N7OS. The summed E-state index contributed by atoms with van der Waals surface area (Å²) in [4.78, 5) is 0. The highest BCUT2D eigenvalue weighted by Crippen LogP contribution is 2.34. The molecule has 2 heterocycles. The van der Waals surface area contributed by atoms with Gasteiger partial charge in [-0.1, -0.05) is 59.8 Å². The molecule has 33 heavy (non-hydrogen) atoms. The van der Waals surface area contributed by atoms with Gasteiger partial charge in [-0.15, -0.1) is 15.3 Å². The summed E-state index contributed by atoms with van der Waals surface area (Å²) < 4.78 is 9.36. The number of para-hydroxylation sites is 2. The smallest absolute Gasteiger partial charge is 0.196 e. The quantitative estimate of drug-likeness (QED) is 0.334. The highest BCUT2D eigenvalue weighted by Gasteiger charge is 2.20. The lowest BCUT2D eigenvalue weighted by atomic mass is 10.1. The predicted molar refractivity (Wildman–Crippen MR) is 127 cm³/mol. The van der Waals surface area contributed by atoms with E-state index in [1.165, 1.54) is 17.3 Å². The molecule has 0 aliphatic rings. The van der Waals surface area contributed by atoms with E-state index in [1.54, 1.807) is 11.8 Å². The molecule has 164 valence electrons. The van der Waals surface area contributed by atoms with Crippen LogP contribution in [0.15, 0.2) is 84.0 Å². The van der Waals surface area contributed by atoms with Crippen LogP contribution in [0.4, 0.5) is 0 Å². The van der Waals surface area contributed by atoms with Crippen molar-refractivity contribution in [3.8, 4) is 28.5 Å². The first-order valence-corrected chi connectivity index (χ1v) is 11.3. The van der Waals surface area contributed by atoms with Crippen molar-refractivity contribution in [1.29, 1.82) is 0 Å². The van der Waals surface area contributed by atoms with E-state index in [1.807, 2.05) is 59.2 Å². The van der Waals surface area contributed by atoms with Gasteiger partial charge in [0.25, 0.3) is 0 Å². The summed E-state index contributed by atoms with van der Waals surface area (Å²) in [6.45, 7) is 2.07. The molecule has 0 aliphatic carbocycles. The molecule has 3 aromatic carbocycles. The summed E-state index contributed by atoms with van der Waals surface area (Å²) in [5, 5.41) is 22.0. The highest BCUT2D eigenvalue weighted by molar-refractivity contribution is 7.98. The van der Waals surface area contributed by atoms with Crippen LogP contribution in [-0.2, 0) is 5.75 Å². The molecule has 0 spiro atoms. The van der Waals surface area contributed by atoms with E-state index >= 15 is 0 Å². The minimum Gasteiger partial charge on any atom is -0.496 e. The second kappa shape index (κ2) is 9.25. The van der Waals surface area contributed by atoms with Crippen LogP contribution in [0.1, 0.15) is 11.4 Å². The van der Waals surface area contributed by atoms with Gasteiger partial charge in [0.05, 0.1) is 24.1 Å². The Labute approximate surface area is 195 Å². The summed E-state index contributed by atoms with van der Waals surface area (Å²) in [6.07, 6.45) is 0. The lowest BCUT2D eigenvalue weighted by Crippen LogP contribution is -2.04. The number of thioether (sulfide) groups is 1. The maximum absolute atomic E-state index is 5.58. The van der Waals surface area contributed by atoms with Crippen LogP contribution in [0.25, 0.3) is 22.8 Å². The fraction of sp³-hybridized carbons (Fsp3) is 0.125. The Morgan fingerprint density at radius 3 is 2.36 bits per heavy atom. The van der Waals surface area contributed by atoms with Crippen molar-refractivity contribution >= 4 is 11.8 Å². The van der Waals surface area contributed by atoms with Crippen molar-refractivity contribution in [2.75, 3.05) is 7.11 Å². The molecule has 0 bridgehead atoms. The average molecular weight is 456 g/mol. The third-order valence-electron chi connectivity index (χ3n) is 5.14. The topological polar surface area (TPSA) is 83.5 Å². The second-order valence-electron chi connectivity index (χ2n) is 7.31. The summed E-state index contributed by atoms with van der Waals surface area (Å²) in [7, 11) is 1.66. The second-order valence-corrected chi connectivity index (χ2v) is 8.25. The molecule has 0 N–H and O–H groups in total. The van der Waals surface area contributed by atoms with E-state index in [9.17, 15) is 0 Å². The fourth-order valence-electron chi connectivity index (χ4n) is 3.49. The third kappa shape index (κ3) is 4.22. The van der Waals surface area contributed by atoms with Gasteiger partial charge in [-0.25, -0.2) is 0 Å². The van der Waals surface area contributed by atoms with Crippen LogP contribution in [0, 0.1) is 6.92 Å². The number of ether oxygens (including phenoxy) is 1. The van der Waals surface area contributed by atoms with Crippen molar-refractivity contribution in [2.24, 2.45) is 0 Å². The number of methoxy groups -OCH3 is 1. The summed E-state index contributed by atoms with van der Waals surface area (Å²) in [5.41, 5.74) is 3.93. The normalized spacial score (nSPS) is 11.0. The largest absolute Gasteiger partial charge is 0.496 e. The van der Waals surface area contributed by atoms with E-state index in [0.29, 0.717) is 11.6 Å². The lowest BCUT2D eigenvalue weighted by Gasteiger charge is -2.12. The van der Waals surface area contributed by atoms with Gasteiger partial charge in [-0.05, 0) is 53.7 Å². The van der Waals surface area contributed by atoms with E-state index in [2.05, 4.69) is 56.9 Å². The molecule has 0 aliphatic heterocycles. The molecule has 5 aromatic rings. The van der Waals surface area contributed by atoms with Crippen LogP contribution in [0.2, 0.25) is 0 Å². The van der Waals surface area contributed by atoms with Crippen molar-refractivity contribution < 1.29 is 4.74 Å². The van der Waals surface area contributed by atoms with E-state index in [-0.39, 0.29) is 0 Å². The van der Waals surface area contributed by atoms with Gasteiger partial charge < -0.3 is 4.74 Å². The number of benzene rings is 3. The molecular weight excluding hydrogens is 434 g/mol. The molecule has 0 radical (unpaired) electrons. The van der Waals surface area contributed by atoms with Crippen molar-refractivity contribution in [3.05, 3.63) is 90.3 Å². The Hall–Kier alpha value is -3.98. The molecule has 8 nitrogen and oxygen atoms in total. The molecule has 0 amide bonds. The van der Waals surface area contributed by atoms with Gasteiger partial charge in [0.1, 0.15) is 5.75 Å². The zero-order valence-corrected chi connectivity index (χ0v) is 19.0. The maximum Gasteiger partial charge on any atom is 0.196 e. The number of tetrazole rings is 1.